The summed E-state index contributed by atoms with van der Waals surface area (Å²) in [5.41, 5.74) is 4.77. The van der Waals surface area contributed by atoms with Crippen LogP contribution in [-0.4, -0.2) is 10.1 Å². The molecule has 3 nitrogen and oxygen atoms in total. The number of nitrogens with zero attached hydrogens (tertiary/aromatic N) is 1. The van der Waals surface area contributed by atoms with E-state index in [4.69, 9.17) is 23.8 Å². The quantitative estimate of drug-likeness (QED) is 0.239. The lowest BCUT2D eigenvalue weighted by Crippen LogP contribution is -2.38. The minimum absolute atomic E-state index is 0.0882. The number of aliphatic hydroxyl groups excluding tert-OH is 1. The third-order valence-electron chi connectivity index (χ3n) is 4.31. The number of pyridine rings is 1. The summed E-state index contributed by atoms with van der Waals surface area (Å²) < 4.78 is 2.44. The van der Waals surface area contributed by atoms with Gasteiger partial charge in [0.2, 0.25) is 5.76 Å². The molecule has 6 heteroatoms. The molecule has 3 aromatic rings. The van der Waals surface area contributed by atoms with Crippen LogP contribution in [0.25, 0.3) is 11.5 Å². The first-order chi connectivity index (χ1) is 12.9. The van der Waals surface area contributed by atoms with Gasteiger partial charge in [-0.15, -0.1) is 11.3 Å². The van der Waals surface area contributed by atoms with Crippen LogP contribution in [0.4, 0.5) is 5.69 Å². The summed E-state index contributed by atoms with van der Waals surface area (Å²) in [6, 6.07) is 13.5. The van der Waals surface area contributed by atoms with Crippen LogP contribution in [0, 0.1) is 20.8 Å². The molecule has 0 aliphatic heterocycles. The smallest absolute Gasteiger partial charge is 0.289 e. The summed E-state index contributed by atoms with van der Waals surface area (Å²) in [4.78, 5) is 1.09. The Labute approximate surface area is 173 Å². The summed E-state index contributed by atoms with van der Waals surface area (Å²) >= 11 is 13.1. The third-order valence-corrected chi connectivity index (χ3v) is 5.84. The van der Waals surface area contributed by atoms with E-state index in [1.807, 2.05) is 55.1 Å². The van der Waals surface area contributed by atoms with Crippen LogP contribution in [0.5, 0.6) is 0 Å². The first kappa shape index (κ1) is 19.5. The van der Waals surface area contributed by atoms with E-state index in [1.165, 1.54) is 16.9 Å². The fourth-order valence-corrected chi connectivity index (χ4v) is 4.01. The maximum absolute atomic E-state index is 11.0. The Morgan fingerprint density at radius 1 is 1.11 bits per heavy atom. The number of thiocarbonyl (C=S) groups is 1. The van der Waals surface area contributed by atoms with Crippen molar-refractivity contribution >= 4 is 57.3 Å². The van der Waals surface area contributed by atoms with Gasteiger partial charge in [-0.25, -0.2) is 0 Å². The second-order valence-corrected chi connectivity index (χ2v) is 8.41. The predicted molar refractivity (Wildman–Crippen MR) is 119 cm³/mol. The van der Waals surface area contributed by atoms with Crippen LogP contribution >= 0.6 is 35.2 Å². The molecule has 2 heterocycles. The maximum atomic E-state index is 11.0. The standard InChI is InChI=1S/C21H19ClN2OS2/c1-13-6-5-11-24(12-13)19(20(25)17-9-10-18(22)27-17)21(26)23-16-8-4-7-14(2)15(16)3/h4-12H,1-3H3,(H-,23,25,26)/p+1. The van der Waals surface area contributed by atoms with E-state index in [0.29, 0.717) is 19.9 Å². The van der Waals surface area contributed by atoms with Gasteiger partial charge in [0.1, 0.15) is 0 Å². The highest BCUT2D eigenvalue weighted by Gasteiger charge is 2.25. The molecule has 0 aliphatic carbocycles. The maximum Gasteiger partial charge on any atom is 0.289 e. The number of anilines is 1. The van der Waals surface area contributed by atoms with E-state index in [0.717, 1.165) is 16.8 Å². The predicted octanol–water partition coefficient (Wildman–Crippen LogP) is 5.94. The highest BCUT2D eigenvalue weighted by atomic mass is 35.5. The van der Waals surface area contributed by atoms with E-state index in [-0.39, 0.29) is 5.76 Å². The van der Waals surface area contributed by atoms with Crippen LogP contribution in [0.15, 0.2) is 54.9 Å². The molecule has 0 radical (unpaired) electrons. The number of thiophene rings is 1. The van der Waals surface area contributed by atoms with E-state index in [1.54, 1.807) is 12.1 Å². The van der Waals surface area contributed by atoms with E-state index in [2.05, 4.69) is 18.3 Å². The van der Waals surface area contributed by atoms with E-state index < -0.39 is 0 Å². The molecule has 0 unspecified atom stereocenters. The molecular formula is C21H20ClN2OS2+. The largest absolute Gasteiger partial charge is 0.501 e. The molecule has 0 saturated carbocycles. The Bertz CT molecular complexity index is 1040. The average Bonchev–Trinajstić information content (AvgIpc) is 3.06. The Kier molecular flexibility index (Phi) is 5.95. The average molecular weight is 416 g/mol. The first-order valence-corrected chi connectivity index (χ1v) is 10.0. The number of aromatic nitrogens is 1. The fourth-order valence-electron chi connectivity index (χ4n) is 2.71. The van der Waals surface area contributed by atoms with Gasteiger partial charge in [0.05, 0.1) is 9.21 Å². The highest BCUT2D eigenvalue weighted by Crippen LogP contribution is 2.29. The molecule has 0 atom stereocenters. The lowest BCUT2D eigenvalue weighted by Gasteiger charge is -2.13. The molecule has 1 aromatic carbocycles. The normalized spacial score (nSPS) is 11.9. The van der Waals surface area contributed by atoms with Crippen molar-refractivity contribution in [1.29, 1.82) is 0 Å². The Morgan fingerprint density at radius 3 is 2.56 bits per heavy atom. The number of rotatable bonds is 4. The van der Waals surface area contributed by atoms with Gasteiger partial charge in [0.15, 0.2) is 17.4 Å². The summed E-state index contributed by atoms with van der Waals surface area (Å²) in [7, 11) is 0. The van der Waals surface area contributed by atoms with Crippen molar-refractivity contribution in [2.75, 3.05) is 5.32 Å². The first-order valence-electron chi connectivity index (χ1n) is 8.41. The van der Waals surface area contributed by atoms with Gasteiger partial charge in [-0.1, -0.05) is 36.0 Å². The molecule has 0 saturated heterocycles. The SMILES string of the molecule is Cc1ccc[n+](C(C(=S)Nc2cccc(C)c2C)=C(O)c2ccc(Cl)s2)c1. The van der Waals surface area contributed by atoms with Crippen molar-refractivity contribution in [2.45, 2.75) is 20.8 Å². The molecular weight excluding hydrogens is 396 g/mol. The van der Waals surface area contributed by atoms with Gasteiger partial charge >= 0.3 is 0 Å². The Balaban J connectivity index is 2.09. The lowest BCUT2D eigenvalue weighted by atomic mass is 10.1. The van der Waals surface area contributed by atoms with Gasteiger partial charge < -0.3 is 10.4 Å². The second-order valence-electron chi connectivity index (χ2n) is 6.29. The van der Waals surface area contributed by atoms with Crippen LogP contribution < -0.4 is 9.88 Å². The zero-order chi connectivity index (χ0) is 19.6. The summed E-state index contributed by atoms with van der Waals surface area (Å²) in [6.45, 7) is 6.09. The molecule has 0 bridgehead atoms. The zero-order valence-electron chi connectivity index (χ0n) is 15.3. The van der Waals surface area contributed by atoms with Crippen LogP contribution in [-0.2, 0) is 0 Å². The number of halogens is 1. The van der Waals surface area contributed by atoms with Crippen molar-refractivity contribution in [2.24, 2.45) is 0 Å². The summed E-state index contributed by atoms with van der Waals surface area (Å²) in [5, 5.41) is 14.3. The third kappa shape index (κ3) is 4.38. The Hall–Kier alpha value is -2.21. The lowest BCUT2D eigenvalue weighted by molar-refractivity contribution is -0.576. The molecule has 0 aliphatic rings. The number of nitrogens with one attached hydrogen (secondary N) is 1. The molecule has 2 aromatic heterocycles. The van der Waals surface area contributed by atoms with Gasteiger partial charge in [-0.05, 0) is 56.2 Å². The topological polar surface area (TPSA) is 36.1 Å². The number of aliphatic hydroxyl groups is 1. The molecule has 2 N–H and O–H groups in total. The highest BCUT2D eigenvalue weighted by molar-refractivity contribution is 7.81. The van der Waals surface area contributed by atoms with Crippen molar-refractivity contribution in [3.63, 3.8) is 0 Å². The number of benzene rings is 1. The summed E-state index contributed by atoms with van der Waals surface area (Å²) in [5.74, 6) is 0.0882. The van der Waals surface area contributed by atoms with Crippen molar-refractivity contribution in [3.8, 4) is 0 Å². The van der Waals surface area contributed by atoms with Crippen molar-refractivity contribution < 1.29 is 9.67 Å². The van der Waals surface area contributed by atoms with Crippen LogP contribution in [0.1, 0.15) is 21.6 Å². The molecule has 3 rings (SSSR count). The molecule has 0 amide bonds. The minimum atomic E-state index is 0.0882. The molecule has 0 spiro atoms. The molecule has 0 fully saturated rings. The van der Waals surface area contributed by atoms with Crippen LogP contribution in [0.3, 0.4) is 0 Å². The van der Waals surface area contributed by atoms with Gasteiger partial charge in [0.25, 0.3) is 5.70 Å². The Morgan fingerprint density at radius 2 is 1.89 bits per heavy atom. The van der Waals surface area contributed by atoms with E-state index in [9.17, 15) is 5.11 Å². The van der Waals surface area contributed by atoms with Gasteiger partial charge in [-0.3, -0.25) is 0 Å². The number of aryl methyl sites for hydroxylation is 2. The van der Waals surface area contributed by atoms with Crippen LogP contribution in [0.2, 0.25) is 4.34 Å². The van der Waals surface area contributed by atoms with Gasteiger partial charge in [-0.2, -0.15) is 4.57 Å². The van der Waals surface area contributed by atoms with E-state index >= 15 is 0 Å². The van der Waals surface area contributed by atoms with Crippen molar-refractivity contribution in [3.05, 3.63) is 80.8 Å². The molecule has 138 valence electrons. The zero-order valence-corrected chi connectivity index (χ0v) is 17.7. The number of hydrogen-bond acceptors (Lipinski definition) is 3. The minimum Gasteiger partial charge on any atom is -0.501 e. The monoisotopic (exact) mass is 415 g/mol. The number of hydrogen-bond donors (Lipinski definition) is 2. The van der Waals surface area contributed by atoms with Crippen molar-refractivity contribution in [1.82, 2.24) is 0 Å². The second kappa shape index (κ2) is 8.21. The molecule has 27 heavy (non-hydrogen) atoms. The van der Waals surface area contributed by atoms with Gasteiger partial charge in [0, 0.05) is 17.3 Å². The summed E-state index contributed by atoms with van der Waals surface area (Å²) in [6.07, 6.45) is 3.79. The fraction of sp³-hybridized carbons (Fsp3) is 0.143.